The number of aromatic nitrogens is 1. The average Bonchev–Trinajstić information content (AvgIpc) is 3.39. The van der Waals surface area contributed by atoms with Gasteiger partial charge in [0.05, 0.1) is 25.3 Å². The zero-order valence-corrected chi connectivity index (χ0v) is 21.2. The van der Waals surface area contributed by atoms with E-state index < -0.39 is 0 Å². The quantitative estimate of drug-likeness (QED) is 0.310. The molecule has 1 amide bonds. The van der Waals surface area contributed by atoms with Crippen molar-refractivity contribution in [3.8, 4) is 10.6 Å². The summed E-state index contributed by atoms with van der Waals surface area (Å²) in [7, 11) is 0. The average molecular weight is 498 g/mol. The molecule has 1 aliphatic rings. The van der Waals surface area contributed by atoms with Crippen LogP contribution in [0.3, 0.4) is 0 Å². The third kappa shape index (κ3) is 6.66. The van der Waals surface area contributed by atoms with Crippen LogP contribution in [0.2, 0.25) is 0 Å². The van der Waals surface area contributed by atoms with E-state index in [4.69, 9.17) is 9.72 Å². The SMILES string of the molecule is O=C(Cc1csc(-c2ccc(CN3CCOCC3)cc2)n1)N(Cc1ccccc1)Cc1ccccc1. The van der Waals surface area contributed by atoms with Crippen LogP contribution in [-0.2, 0) is 35.6 Å². The highest BCUT2D eigenvalue weighted by atomic mass is 32.1. The van der Waals surface area contributed by atoms with Gasteiger partial charge in [0.15, 0.2) is 0 Å². The molecule has 0 bridgehead atoms. The van der Waals surface area contributed by atoms with Gasteiger partial charge in [0.1, 0.15) is 5.01 Å². The number of carbonyl (C=O) groups is 1. The van der Waals surface area contributed by atoms with E-state index in [0.717, 1.165) is 60.2 Å². The molecule has 5 nitrogen and oxygen atoms in total. The second kappa shape index (κ2) is 12.1. The van der Waals surface area contributed by atoms with Crippen LogP contribution in [0.4, 0.5) is 0 Å². The topological polar surface area (TPSA) is 45.7 Å². The van der Waals surface area contributed by atoms with Crippen LogP contribution in [0.5, 0.6) is 0 Å². The number of ether oxygens (including phenoxy) is 1. The third-order valence-corrected chi connectivity index (χ3v) is 7.32. The number of hydrogen-bond donors (Lipinski definition) is 0. The fourth-order valence-corrected chi connectivity index (χ4v) is 5.22. The molecule has 0 aliphatic carbocycles. The molecule has 1 saturated heterocycles. The summed E-state index contributed by atoms with van der Waals surface area (Å²) < 4.78 is 5.44. The van der Waals surface area contributed by atoms with E-state index in [2.05, 4.69) is 53.4 Å². The lowest BCUT2D eigenvalue weighted by molar-refractivity contribution is -0.131. The third-order valence-electron chi connectivity index (χ3n) is 6.38. The Balaban J connectivity index is 1.24. The Morgan fingerprint density at radius 2 is 1.44 bits per heavy atom. The summed E-state index contributed by atoms with van der Waals surface area (Å²) in [6.45, 7) is 5.69. The maximum absolute atomic E-state index is 13.4. The summed E-state index contributed by atoms with van der Waals surface area (Å²) in [5.74, 6) is 0.0837. The van der Waals surface area contributed by atoms with E-state index in [1.54, 1.807) is 11.3 Å². The second-order valence-corrected chi connectivity index (χ2v) is 9.99. The number of carbonyl (C=O) groups excluding carboxylic acids is 1. The van der Waals surface area contributed by atoms with Gasteiger partial charge in [0, 0.05) is 43.7 Å². The van der Waals surface area contributed by atoms with Crippen molar-refractivity contribution in [1.29, 1.82) is 0 Å². The molecule has 1 fully saturated rings. The van der Waals surface area contributed by atoms with E-state index in [1.807, 2.05) is 46.7 Å². The van der Waals surface area contributed by atoms with Gasteiger partial charge in [-0.25, -0.2) is 4.98 Å². The van der Waals surface area contributed by atoms with Gasteiger partial charge in [-0.3, -0.25) is 9.69 Å². The fraction of sp³-hybridized carbons (Fsp3) is 0.267. The van der Waals surface area contributed by atoms with Crippen molar-refractivity contribution in [2.24, 2.45) is 0 Å². The van der Waals surface area contributed by atoms with Crippen LogP contribution in [0.15, 0.2) is 90.3 Å². The van der Waals surface area contributed by atoms with Gasteiger partial charge >= 0.3 is 0 Å². The summed E-state index contributed by atoms with van der Waals surface area (Å²) in [4.78, 5) is 22.5. The molecule has 0 unspecified atom stereocenters. The van der Waals surface area contributed by atoms with Crippen LogP contribution in [-0.4, -0.2) is 47.0 Å². The monoisotopic (exact) mass is 497 g/mol. The predicted octanol–water partition coefficient (Wildman–Crippen LogP) is 5.41. The molecule has 1 aromatic heterocycles. The Hall–Kier alpha value is -3.32. The molecule has 0 atom stereocenters. The molecule has 1 aliphatic heterocycles. The first-order valence-corrected chi connectivity index (χ1v) is 13.3. The first-order valence-electron chi connectivity index (χ1n) is 12.4. The highest BCUT2D eigenvalue weighted by molar-refractivity contribution is 7.13. The van der Waals surface area contributed by atoms with Gasteiger partial charge in [-0.2, -0.15) is 0 Å². The number of thiazole rings is 1. The van der Waals surface area contributed by atoms with Crippen molar-refractivity contribution in [1.82, 2.24) is 14.8 Å². The van der Waals surface area contributed by atoms with Crippen molar-refractivity contribution in [3.05, 3.63) is 113 Å². The van der Waals surface area contributed by atoms with Crippen LogP contribution >= 0.6 is 11.3 Å². The van der Waals surface area contributed by atoms with Gasteiger partial charge in [0.2, 0.25) is 5.91 Å². The normalized spacial score (nSPS) is 14.0. The predicted molar refractivity (Wildman–Crippen MR) is 144 cm³/mol. The lowest BCUT2D eigenvalue weighted by Crippen LogP contribution is -2.35. The summed E-state index contributed by atoms with van der Waals surface area (Å²) in [5, 5.41) is 2.96. The Labute approximate surface area is 217 Å². The Kier molecular flexibility index (Phi) is 8.18. The molecule has 3 aromatic carbocycles. The van der Waals surface area contributed by atoms with Gasteiger partial charge in [-0.15, -0.1) is 11.3 Å². The molecule has 2 heterocycles. The maximum Gasteiger partial charge on any atom is 0.229 e. The van der Waals surface area contributed by atoms with Crippen LogP contribution in [0, 0.1) is 0 Å². The molecule has 4 aromatic rings. The van der Waals surface area contributed by atoms with E-state index in [9.17, 15) is 4.79 Å². The maximum atomic E-state index is 13.4. The smallest absolute Gasteiger partial charge is 0.229 e. The van der Waals surface area contributed by atoms with E-state index in [0.29, 0.717) is 19.5 Å². The van der Waals surface area contributed by atoms with Crippen molar-refractivity contribution >= 4 is 17.2 Å². The number of morpholine rings is 1. The minimum Gasteiger partial charge on any atom is -0.379 e. The molecule has 0 saturated carbocycles. The summed E-state index contributed by atoms with van der Waals surface area (Å²) >= 11 is 1.60. The molecule has 0 N–H and O–H groups in total. The Bertz CT molecular complexity index is 1190. The van der Waals surface area contributed by atoms with Crippen molar-refractivity contribution < 1.29 is 9.53 Å². The van der Waals surface area contributed by atoms with Crippen molar-refractivity contribution in [2.45, 2.75) is 26.1 Å². The van der Waals surface area contributed by atoms with Crippen molar-refractivity contribution in [2.75, 3.05) is 26.3 Å². The fourth-order valence-electron chi connectivity index (χ4n) is 4.40. The summed E-state index contributed by atoms with van der Waals surface area (Å²) in [5.41, 5.74) is 5.46. The minimum absolute atomic E-state index is 0.0837. The first-order chi connectivity index (χ1) is 17.7. The Morgan fingerprint density at radius 1 is 0.833 bits per heavy atom. The van der Waals surface area contributed by atoms with Gasteiger partial charge in [-0.05, 0) is 16.7 Å². The lowest BCUT2D eigenvalue weighted by Gasteiger charge is -2.26. The first kappa shape index (κ1) is 24.4. The molecular weight excluding hydrogens is 466 g/mol. The number of hydrogen-bond acceptors (Lipinski definition) is 5. The highest BCUT2D eigenvalue weighted by Gasteiger charge is 2.17. The van der Waals surface area contributed by atoms with E-state index in [1.165, 1.54) is 5.56 Å². The highest BCUT2D eigenvalue weighted by Crippen LogP contribution is 2.25. The van der Waals surface area contributed by atoms with Crippen LogP contribution in [0.1, 0.15) is 22.4 Å². The van der Waals surface area contributed by atoms with Crippen LogP contribution in [0.25, 0.3) is 10.6 Å². The Morgan fingerprint density at radius 3 is 2.06 bits per heavy atom. The number of amides is 1. The number of benzene rings is 3. The van der Waals surface area contributed by atoms with Crippen molar-refractivity contribution in [3.63, 3.8) is 0 Å². The second-order valence-electron chi connectivity index (χ2n) is 9.13. The summed E-state index contributed by atoms with van der Waals surface area (Å²) in [6.07, 6.45) is 0.297. The number of nitrogens with zero attached hydrogens (tertiary/aromatic N) is 3. The van der Waals surface area contributed by atoms with Gasteiger partial charge in [0.25, 0.3) is 0 Å². The van der Waals surface area contributed by atoms with Gasteiger partial charge in [-0.1, -0.05) is 84.9 Å². The summed E-state index contributed by atoms with van der Waals surface area (Å²) in [6, 6.07) is 28.9. The molecule has 0 spiro atoms. The molecule has 184 valence electrons. The molecular formula is C30H31N3O2S. The largest absolute Gasteiger partial charge is 0.379 e. The lowest BCUT2D eigenvalue weighted by atomic mass is 10.1. The minimum atomic E-state index is 0.0837. The molecule has 36 heavy (non-hydrogen) atoms. The molecule has 5 rings (SSSR count). The molecule has 0 radical (unpaired) electrons. The van der Waals surface area contributed by atoms with Gasteiger partial charge < -0.3 is 9.64 Å². The standard InChI is InChI=1S/C30H31N3O2S/c34-29(33(21-24-7-3-1-4-8-24)22-25-9-5-2-6-10-25)19-28-23-36-30(31-28)27-13-11-26(12-14-27)20-32-15-17-35-18-16-32/h1-14,23H,15-22H2. The zero-order chi connectivity index (χ0) is 24.6. The molecule has 6 heteroatoms. The zero-order valence-electron chi connectivity index (χ0n) is 20.4. The van der Waals surface area contributed by atoms with Crippen LogP contribution < -0.4 is 0 Å². The van der Waals surface area contributed by atoms with E-state index >= 15 is 0 Å². The van der Waals surface area contributed by atoms with E-state index in [-0.39, 0.29) is 5.91 Å². The number of rotatable bonds is 9.